The van der Waals surface area contributed by atoms with Crippen LogP contribution in [0.15, 0.2) is 12.4 Å². The van der Waals surface area contributed by atoms with Gasteiger partial charge in [-0.3, -0.25) is 4.79 Å². The molecule has 0 saturated carbocycles. The van der Waals surface area contributed by atoms with E-state index < -0.39 is 5.60 Å². The number of likely N-dealkylation sites (tertiary alicyclic amines) is 1. The summed E-state index contributed by atoms with van der Waals surface area (Å²) in [4.78, 5) is 22.3. The first-order chi connectivity index (χ1) is 9.58. The largest absolute Gasteiger partial charge is 0.393 e. The average Bonchev–Trinajstić information content (AvgIpc) is 2.69. The van der Waals surface area contributed by atoms with Crippen molar-refractivity contribution in [3.63, 3.8) is 0 Å². The summed E-state index contributed by atoms with van der Waals surface area (Å²) in [6.07, 6.45) is 5.43. The SMILES string of the molecule is CCc1ncc(C(=O)N2CCCC(O)(CO)CC2)cn1. The van der Waals surface area contributed by atoms with E-state index >= 15 is 0 Å². The first kappa shape index (κ1) is 14.9. The molecule has 6 heteroatoms. The van der Waals surface area contributed by atoms with Crippen LogP contribution in [-0.2, 0) is 6.42 Å². The number of aryl methyl sites for hydroxylation is 1. The fourth-order valence-electron chi connectivity index (χ4n) is 2.37. The number of aromatic nitrogens is 2. The van der Waals surface area contributed by atoms with Crippen LogP contribution in [0, 0.1) is 0 Å². The van der Waals surface area contributed by atoms with Crippen LogP contribution in [0.1, 0.15) is 42.4 Å². The van der Waals surface area contributed by atoms with Gasteiger partial charge in [0.1, 0.15) is 5.82 Å². The predicted octanol–water partition coefficient (Wildman–Crippen LogP) is 0.388. The summed E-state index contributed by atoms with van der Waals surface area (Å²) in [7, 11) is 0. The smallest absolute Gasteiger partial charge is 0.256 e. The number of hydrogen-bond acceptors (Lipinski definition) is 5. The summed E-state index contributed by atoms with van der Waals surface area (Å²) in [5.41, 5.74) is -0.589. The Hall–Kier alpha value is -1.53. The average molecular weight is 279 g/mol. The lowest BCUT2D eigenvalue weighted by Gasteiger charge is -2.24. The lowest BCUT2D eigenvalue weighted by atomic mass is 9.96. The molecule has 1 amide bonds. The molecule has 0 aromatic carbocycles. The van der Waals surface area contributed by atoms with Crippen molar-refractivity contribution in [2.24, 2.45) is 0 Å². The van der Waals surface area contributed by atoms with Crippen LogP contribution in [0.3, 0.4) is 0 Å². The first-order valence-electron chi connectivity index (χ1n) is 7.01. The van der Waals surface area contributed by atoms with Gasteiger partial charge in [0.25, 0.3) is 5.91 Å². The highest BCUT2D eigenvalue weighted by atomic mass is 16.3. The fourth-order valence-corrected chi connectivity index (χ4v) is 2.37. The Morgan fingerprint density at radius 3 is 2.65 bits per heavy atom. The molecule has 1 saturated heterocycles. The molecular formula is C14H21N3O3. The summed E-state index contributed by atoms with van der Waals surface area (Å²) in [5.74, 6) is 0.599. The predicted molar refractivity (Wildman–Crippen MR) is 73.2 cm³/mol. The summed E-state index contributed by atoms with van der Waals surface area (Å²) in [6, 6.07) is 0. The number of carbonyl (C=O) groups is 1. The maximum Gasteiger partial charge on any atom is 0.256 e. The second-order valence-corrected chi connectivity index (χ2v) is 5.27. The molecule has 6 nitrogen and oxygen atoms in total. The maximum absolute atomic E-state index is 12.4. The molecule has 1 aliphatic heterocycles. The van der Waals surface area contributed by atoms with E-state index in [0.717, 1.165) is 6.42 Å². The zero-order valence-corrected chi connectivity index (χ0v) is 11.7. The van der Waals surface area contributed by atoms with Crippen molar-refractivity contribution in [1.82, 2.24) is 14.9 Å². The topological polar surface area (TPSA) is 86.6 Å². The molecule has 1 atom stereocenters. The van der Waals surface area contributed by atoms with Gasteiger partial charge in [0.2, 0.25) is 0 Å². The van der Waals surface area contributed by atoms with Crippen LogP contribution in [0.5, 0.6) is 0 Å². The van der Waals surface area contributed by atoms with E-state index in [4.69, 9.17) is 0 Å². The molecule has 2 N–H and O–H groups in total. The Labute approximate surface area is 118 Å². The third-order valence-electron chi connectivity index (χ3n) is 3.77. The Bertz CT molecular complexity index is 463. The minimum atomic E-state index is -1.06. The molecule has 0 bridgehead atoms. The molecule has 2 heterocycles. The summed E-state index contributed by atoms with van der Waals surface area (Å²) >= 11 is 0. The van der Waals surface area contributed by atoms with Crippen molar-refractivity contribution in [2.75, 3.05) is 19.7 Å². The number of carbonyl (C=O) groups excluding carboxylic acids is 1. The van der Waals surface area contributed by atoms with Crippen molar-refractivity contribution in [3.8, 4) is 0 Å². The Kier molecular flexibility index (Phi) is 4.67. The van der Waals surface area contributed by atoms with Gasteiger partial charge in [0.05, 0.1) is 17.8 Å². The summed E-state index contributed by atoms with van der Waals surface area (Å²) in [6.45, 7) is 2.72. The number of amides is 1. The van der Waals surface area contributed by atoms with Crippen molar-refractivity contribution >= 4 is 5.91 Å². The van der Waals surface area contributed by atoms with Crippen LogP contribution >= 0.6 is 0 Å². The van der Waals surface area contributed by atoms with E-state index in [1.807, 2.05) is 6.92 Å². The molecule has 0 spiro atoms. The van der Waals surface area contributed by atoms with Gasteiger partial charge >= 0.3 is 0 Å². The van der Waals surface area contributed by atoms with Crippen molar-refractivity contribution < 1.29 is 15.0 Å². The number of hydrogen-bond donors (Lipinski definition) is 2. The van der Waals surface area contributed by atoms with E-state index in [-0.39, 0.29) is 12.5 Å². The second-order valence-electron chi connectivity index (χ2n) is 5.27. The Balaban J connectivity index is 2.05. The lowest BCUT2D eigenvalue weighted by molar-refractivity contribution is -0.0250. The Morgan fingerprint density at radius 2 is 2.05 bits per heavy atom. The first-order valence-corrected chi connectivity index (χ1v) is 7.01. The number of nitrogens with zero attached hydrogens (tertiary/aromatic N) is 3. The quantitative estimate of drug-likeness (QED) is 0.836. The van der Waals surface area contributed by atoms with E-state index in [2.05, 4.69) is 9.97 Å². The third-order valence-corrected chi connectivity index (χ3v) is 3.77. The molecule has 0 aliphatic carbocycles. The van der Waals surface area contributed by atoms with Crippen LogP contribution in [0.25, 0.3) is 0 Å². The zero-order chi connectivity index (χ0) is 14.6. The van der Waals surface area contributed by atoms with Gasteiger partial charge in [0, 0.05) is 31.9 Å². The summed E-state index contributed by atoms with van der Waals surface area (Å²) < 4.78 is 0. The molecule has 0 radical (unpaired) electrons. The molecule has 110 valence electrons. The molecule has 2 rings (SSSR count). The van der Waals surface area contributed by atoms with Gasteiger partial charge in [-0.25, -0.2) is 9.97 Å². The molecular weight excluding hydrogens is 258 g/mol. The van der Waals surface area contributed by atoms with Crippen LogP contribution in [0.4, 0.5) is 0 Å². The van der Waals surface area contributed by atoms with E-state index in [1.54, 1.807) is 17.3 Å². The maximum atomic E-state index is 12.4. The highest BCUT2D eigenvalue weighted by molar-refractivity contribution is 5.93. The van der Waals surface area contributed by atoms with Crippen molar-refractivity contribution in [2.45, 2.75) is 38.2 Å². The summed E-state index contributed by atoms with van der Waals surface area (Å²) in [5, 5.41) is 19.3. The van der Waals surface area contributed by atoms with E-state index in [9.17, 15) is 15.0 Å². The van der Waals surface area contributed by atoms with Gasteiger partial charge in [0.15, 0.2) is 0 Å². The van der Waals surface area contributed by atoms with Gasteiger partial charge < -0.3 is 15.1 Å². The van der Waals surface area contributed by atoms with E-state index in [1.165, 1.54) is 0 Å². The lowest BCUT2D eigenvalue weighted by Crippen LogP contribution is -2.36. The van der Waals surface area contributed by atoms with Gasteiger partial charge in [-0.15, -0.1) is 0 Å². The second kappa shape index (κ2) is 6.28. The number of aliphatic hydroxyl groups excluding tert-OH is 1. The highest BCUT2D eigenvalue weighted by Crippen LogP contribution is 2.22. The van der Waals surface area contributed by atoms with Crippen LogP contribution in [-0.4, -0.2) is 56.3 Å². The standard InChI is InChI=1S/C14H21N3O3/c1-2-12-15-8-11(9-16-12)13(19)17-6-3-4-14(20,10-18)5-7-17/h8-9,18,20H,2-7,10H2,1H3. The molecule has 1 aliphatic rings. The minimum Gasteiger partial charge on any atom is -0.393 e. The number of rotatable bonds is 3. The molecule has 1 unspecified atom stereocenters. The van der Waals surface area contributed by atoms with Crippen LogP contribution in [0.2, 0.25) is 0 Å². The monoisotopic (exact) mass is 279 g/mol. The molecule has 1 aromatic heterocycles. The van der Waals surface area contributed by atoms with Gasteiger partial charge in [-0.1, -0.05) is 6.92 Å². The van der Waals surface area contributed by atoms with Crippen LogP contribution < -0.4 is 0 Å². The van der Waals surface area contributed by atoms with Gasteiger partial charge in [-0.2, -0.15) is 0 Å². The minimum absolute atomic E-state index is 0.116. The van der Waals surface area contributed by atoms with E-state index in [0.29, 0.717) is 43.7 Å². The number of aliphatic hydroxyl groups is 2. The molecule has 1 fully saturated rings. The third kappa shape index (κ3) is 3.32. The van der Waals surface area contributed by atoms with Crippen molar-refractivity contribution in [1.29, 1.82) is 0 Å². The Morgan fingerprint density at radius 1 is 1.35 bits per heavy atom. The highest BCUT2D eigenvalue weighted by Gasteiger charge is 2.31. The molecule has 1 aromatic rings. The normalized spacial score (nSPS) is 23.4. The fraction of sp³-hybridized carbons (Fsp3) is 0.643. The van der Waals surface area contributed by atoms with Crippen molar-refractivity contribution in [3.05, 3.63) is 23.8 Å². The molecule has 20 heavy (non-hydrogen) atoms. The van der Waals surface area contributed by atoms with Gasteiger partial charge in [-0.05, 0) is 19.3 Å². The zero-order valence-electron chi connectivity index (χ0n) is 11.7.